The fraction of sp³-hybridized carbons (Fsp3) is 0.368. The quantitative estimate of drug-likeness (QED) is 0.758. The summed E-state index contributed by atoms with van der Waals surface area (Å²) in [6, 6.07) is 9.30. The maximum absolute atomic E-state index is 14.1. The van der Waals surface area contributed by atoms with Crippen LogP contribution in [0.1, 0.15) is 17.5 Å². The Bertz CT molecular complexity index is 914. The topological polar surface area (TPSA) is 72.8 Å². The SMILES string of the molecule is Cc1ccc(S(=O)(=O)OC[C@@H]2CO[C@@](CO)(c3ccc(F)cc3F)C2)cc1. The zero-order valence-corrected chi connectivity index (χ0v) is 15.5. The molecule has 1 fully saturated rings. The van der Waals surface area contributed by atoms with E-state index in [0.29, 0.717) is 0 Å². The van der Waals surface area contributed by atoms with E-state index in [1.54, 1.807) is 12.1 Å². The van der Waals surface area contributed by atoms with Gasteiger partial charge in [-0.05, 0) is 31.5 Å². The molecule has 8 heteroatoms. The molecule has 0 aromatic heterocycles. The molecule has 0 spiro atoms. The smallest absolute Gasteiger partial charge is 0.296 e. The van der Waals surface area contributed by atoms with Gasteiger partial charge in [0.15, 0.2) is 0 Å². The molecule has 1 aliphatic heterocycles. The van der Waals surface area contributed by atoms with Gasteiger partial charge in [-0.1, -0.05) is 23.8 Å². The van der Waals surface area contributed by atoms with Gasteiger partial charge in [0.25, 0.3) is 10.1 Å². The number of ether oxygens (including phenoxy) is 1. The van der Waals surface area contributed by atoms with Crippen LogP contribution < -0.4 is 0 Å². The lowest BCUT2D eigenvalue weighted by atomic mass is 9.88. The first-order valence-electron chi connectivity index (χ1n) is 8.42. The Morgan fingerprint density at radius 3 is 2.56 bits per heavy atom. The van der Waals surface area contributed by atoms with Crippen molar-refractivity contribution in [2.24, 2.45) is 5.92 Å². The summed E-state index contributed by atoms with van der Waals surface area (Å²) in [7, 11) is -3.93. The fourth-order valence-corrected chi connectivity index (χ4v) is 4.15. The highest BCUT2D eigenvalue weighted by Gasteiger charge is 2.43. The fourth-order valence-electron chi connectivity index (χ4n) is 3.17. The van der Waals surface area contributed by atoms with Crippen LogP contribution in [-0.2, 0) is 24.6 Å². The highest BCUT2D eigenvalue weighted by molar-refractivity contribution is 7.86. The Morgan fingerprint density at radius 1 is 1.22 bits per heavy atom. The van der Waals surface area contributed by atoms with Crippen LogP contribution in [0.25, 0.3) is 0 Å². The lowest BCUT2D eigenvalue weighted by Crippen LogP contribution is -2.31. The summed E-state index contributed by atoms with van der Waals surface area (Å²) in [5.41, 5.74) is -0.387. The lowest BCUT2D eigenvalue weighted by Gasteiger charge is -2.27. The number of hydrogen-bond acceptors (Lipinski definition) is 5. The average Bonchev–Trinajstić information content (AvgIpc) is 3.05. The largest absolute Gasteiger partial charge is 0.393 e. The normalized spacial score (nSPS) is 22.9. The van der Waals surface area contributed by atoms with Gasteiger partial charge in [-0.25, -0.2) is 8.78 Å². The van der Waals surface area contributed by atoms with Gasteiger partial charge in [0, 0.05) is 17.5 Å². The minimum atomic E-state index is -3.93. The zero-order chi connectivity index (χ0) is 19.7. The Morgan fingerprint density at radius 2 is 1.93 bits per heavy atom. The number of benzene rings is 2. The minimum Gasteiger partial charge on any atom is -0.393 e. The van der Waals surface area contributed by atoms with E-state index in [0.717, 1.165) is 17.7 Å². The lowest BCUT2D eigenvalue weighted by molar-refractivity contribution is -0.0458. The van der Waals surface area contributed by atoms with Crippen molar-refractivity contribution in [2.75, 3.05) is 19.8 Å². The molecule has 2 aromatic carbocycles. The molecule has 2 aromatic rings. The highest BCUT2D eigenvalue weighted by atomic mass is 32.2. The van der Waals surface area contributed by atoms with Gasteiger partial charge in [-0.2, -0.15) is 8.42 Å². The first-order valence-corrected chi connectivity index (χ1v) is 9.83. The number of aliphatic hydroxyl groups is 1. The molecule has 0 bridgehead atoms. The maximum Gasteiger partial charge on any atom is 0.296 e. The molecule has 0 radical (unpaired) electrons. The van der Waals surface area contributed by atoms with Crippen molar-refractivity contribution in [3.05, 3.63) is 65.2 Å². The van der Waals surface area contributed by atoms with E-state index in [1.807, 2.05) is 6.92 Å². The molecule has 146 valence electrons. The van der Waals surface area contributed by atoms with Gasteiger partial charge in [0.05, 0.1) is 24.7 Å². The first-order chi connectivity index (χ1) is 12.8. The summed E-state index contributed by atoms with van der Waals surface area (Å²) < 4.78 is 62.6. The van der Waals surface area contributed by atoms with E-state index < -0.39 is 34.0 Å². The Balaban J connectivity index is 1.70. The molecule has 0 saturated carbocycles. The van der Waals surface area contributed by atoms with E-state index in [1.165, 1.54) is 18.2 Å². The molecule has 3 rings (SSSR count). The molecular weight excluding hydrogens is 378 g/mol. The van der Waals surface area contributed by atoms with Crippen LogP contribution in [0.4, 0.5) is 8.78 Å². The third-order valence-corrected chi connectivity index (χ3v) is 5.96. The monoisotopic (exact) mass is 398 g/mol. The number of rotatable bonds is 6. The summed E-state index contributed by atoms with van der Waals surface area (Å²) >= 11 is 0. The second-order valence-corrected chi connectivity index (χ2v) is 8.32. The molecule has 5 nitrogen and oxygen atoms in total. The van der Waals surface area contributed by atoms with Gasteiger partial charge in [-0.15, -0.1) is 0 Å². The summed E-state index contributed by atoms with van der Waals surface area (Å²) in [6.07, 6.45) is 0.148. The van der Waals surface area contributed by atoms with Crippen molar-refractivity contribution in [1.82, 2.24) is 0 Å². The summed E-state index contributed by atoms with van der Waals surface area (Å²) in [6.45, 7) is 1.24. The van der Waals surface area contributed by atoms with Crippen molar-refractivity contribution in [3.63, 3.8) is 0 Å². The molecule has 2 atom stereocenters. The van der Waals surface area contributed by atoms with E-state index in [-0.39, 0.29) is 36.0 Å². The Kier molecular flexibility index (Phi) is 5.62. The van der Waals surface area contributed by atoms with Crippen LogP contribution >= 0.6 is 0 Å². The van der Waals surface area contributed by atoms with Crippen LogP contribution in [0.5, 0.6) is 0 Å². The van der Waals surface area contributed by atoms with Gasteiger partial charge in [0.2, 0.25) is 0 Å². The van der Waals surface area contributed by atoms with Gasteiger partial charge in [0.1, 0.15) is 17.2 Å². The van der Waals surface area contributed by atoms with Crippen LogP contribution in [0, 0.1) is 24.5 Å². The van der Waals surface area contributed by atoms with E-state index in [4.69, 9.17) is 8.92 Å². The summed E-state index contributed by atoms with van der Waals surface area (Å²) in [5.74, 6) is -1.92. The van der Waals surface area contributed by atoms with Crippen molar-refractivity contribution >= 4 is 10.1 Å². The molecule has 1 saturated heterocycles. The molecular formula is C19H20F2O5S. The first kappa shape index (κ1) is 19.9. The van der Waals surface area contributed by atoms with E-state index >= 15 is 0 Å². The third kappa shape index (κ3) is 4.19. The van der Waals surface area contributed by atoms with Crippen molar-refractivity contribution in [1.29, 1.82) is 0 Å². The van der Waals surface area contributed by atoms with Gasteiger partial charge >= 0.3 is 0 Å². The molecule has 27 heavy (non-hydrogen) atoms. The number of aryl methyl sites for hydroxylation is 1. The van der Waals surface area contributed by atoms with Crippen LogP contribution in [0.2, 0.25) is 0 Å². The van der Waals surface area contributed by atoms with Gasteiger partial charge < -0.3 is 9.84 Å². The summed E-state index contributed by atoms with van der Waals surface area (Å²) in [5, 5.41) is 9.77. The van der Waals surface area contributed by atoms with Crippen molar-refractivity contribution in [2.45, 2.75) is 23.8 Å². The second kappa shape index (κ2) is 7.63. The maximum atomic E-state index is 14.1. The minimum absolute atomic E-state index is 0.0373. The predicted molar refractivity (Wildman–Crippen MR) is 93.5 cm³/mol. The molecule has 0 unspecified atom stereocenters. The highest BCUT2D eigenvalue weighted by Crippen LogP contribution is 2.40. The van der Waals surface area contributed by atoms with Gasteiger partial charge in [-0.3, -0.25) is 4.18 Å². The third-order valence-electron chi connectivity index (χ3n) is 4.66. The number of halogens is 2. The number of hydrogen-bond donors (Lipinski definition) is 1. The van der Waals surface area contributed by atoms with Crippen LogP contribution in [0.15, 0.2) is 47.4 Å². The molecule has 1 N–H and O–H groups in total. The van der Waals surface area contributed by atoms with E-state index in [9.17, 15) is 22.3 Å². The molecule has 1 heterocycles. The van der Waals surface area contributed by atoms with E-state index in [2.05, 4.69) is 0 Å². The summed E-state index contributed by atoms with van der Waals surface area (Å²) in [4.78, 5) is 0.0463. The van der Waals surface area contributed by atoms with Crippen LogP contribution in [-0.4, -0.2) is 33.3 Å². The molecule has 1 aliphatic rings. The number of aliphatic hydroxyl groups excluding tert-OH is 1. The Hall–Kier alpha value is -1.87. The van der Waals surface area contributed by atoms with Crippen LogP contribution in [0.3, 0.4) is 0 Å². The average molecular weight is 398 g/mol. The van der Waals surface area contributed by atoms with Crippen molar-refractivity contribution in [3.8, 4) is 0 Å². The second-order valence-electron chi connectivity index (χ2n) is 6.71. The molecule has 0 amide bonds. The standard InChI is InChI=1S/C19H20F2O5S/c1-13-2-5-16(6-3-13)27(23,24)26-11-14-9-19(12-22,25-10-14)17-7-4-15(20)8-18(17)21/h2-8,14,22H,9-12H2,1H3/t14-,19-/m0/s1. The zero-order valence-electron chi connectivity index (χ0n) is 14.7. The predicted octanol–water partition coefficient (Wildman–Crippen LogP) is 2.90. The Labute approximate surface area is 156 Å². The van der Waals surface area contributed by atoms with Crippen molar-refractivity contribution < 1.29 is 31.2 Å². The molecule has 0 aliphatic carbocycles.